The van der Waals surface area contributed by atoms with Crippen molar-refractivity contribution in [2.24, 2.45) is 0 Å². The zero-order chi connectivity index (χ0) is 7.82. The molecule has 0 bridgehead atoms. The Kier molecular flexibility index (Phi) is 7.70. The number of hydrogen-bond acceptors (Lipinski definition) is 0. The van der Waals surface area contributed by atoms with Crippen molar-refractivity contribution < 1.29 is 8.78 Å². The van der Waals surface area contributed by atoms with Crippen molar-refractivity contribution in [1.82, 2.24) is 0 Å². The molecule has 0 saturated carbocycles. The molecule has 0 radical (unpaired) electrons. The zero-order valence-corrected chi connectivity index (χ0v) is 7.54. The maximum Gasteiger partial charge on any atom is 0.238 e. The van der Waals surface area contributed by atoms with E-state index >= 15 is 0 Å². The number of unbranched alkanes of at least 4 members (excludes halogenated alkanes) is 3. The molecule has 0 nitrogen and oxygen atoms in total. The lowest BCUT2D eigenvalue weighted by atomic mass is 10.2. The van der Waals surface area contributed by atoms with Crippen LogP contribution in [0.5, 0.6) is 0 Å². The first-order valence-corrected chi connectivity index (χ1v) is 4.73. The van der Waals surface area contributed by atoms with Crippen molar-refractivity contribution in [2.45, 2.75) is 38.5 Å². The second-order valence-electron chi connectivity index (χ2n) is 2.28. The van der Waals surface area contributed by atoms with E-state index in [1.165, 1.54) is 0 Å². The third-order valence-electron chi connectivity index (χ3n) is 1.31. The molecule has 0 aromatic carbocycles. The van der Waals surface area contributed by atoms with E-state index in [9.17, 15) is 8.78 Å². The lowest BCUT2D eigenvalue weighted by molar-refractivity contribution is 0.134. The van der Waals surface area contributed by atoms with Crippen LogP contribution >= 0.6 is 15.9 Å². The van der Waals surface area contributed by atoms with Gasteiger partial charge in [0.15, 0.2) is 0 Å². The molecule has 0 aromatic heterocycles. The molecule has 0 unspecified atom stereocenters. The molecule has 0 amide bonds. The van der Waals surface area contributed by atoms with Gasteiger partial charge in [-0.3, -0.25) is 0 Å². The third-order valence-corrected chi connectivity index (χ3v) is 1.87. The Labute approximate surface area is 69.1 Å². The van der Waals surface area contributed by atoms with Crippen LogP contribution < -0.4 is 0 Å². The molecule has 0 heterocycles. The van der Waals surface area contributed by atoms with Crippen LogP contribution in [0.2, 0.25) is 0 Å². The lowest BCUT2D eigenvalue weighted by Crippen LogP contribution is -1.89. The smallest absolute Gasteiger partial charge is 0.211 e. The van der Waals surface area contributed by atoms with E-state index in [1.807, 2.05) is 0 Å². The van der Waals surface area contributed by atoms with Gasteiger partial charge in [-0.25, -0.2) is 8.78 Å². The average Bonchev–Trinajstić information content (AvgIpc) is 1.87. The summed E-state index contributed by atoms with van der Waals surface area (Å²) in [6, 6.07) is 0. The molecular weight excluding hydrogens is 202 g/mol. The molecule has 0 spiro atoms. The topological polar surface area (TPSA) is 0 Å². The molecule has 0 rings (SSSR count). The summed E-state index contributed by atoms with van der Waals surface area (Å²) < 4.78 is 23.1. The summed E-state index contributed by atoms with van der Waals surface area (Å²) in [6.07, 6.45) is 1.74. The predicted molar refractivity (Wildman–Crippen MR) is 42.9 cm³/mol. The maximum absolute atomic E-state index is 11.5. The molecule has 0 fully saturated rings. The fourth-order valence-electron chi connectivity index (χ4n) is 0.747. The van der Waals surface area contributed by atoms with E-state index in [0.717, 1.165) is 24.6 Å². The van der Waals surface area contributed by atoms with E-state index in [0.29, 0.717) is 6.42 Å². The molecule has 0 N–H and O–H groups in total. The normalized spacial score (nSPS) is 10.8. The number of alkyl halides is 3. The van der Waals surface area contributed by atoms with E-state index in [2.05, 4.69) is 15.9 Å². The highest BCUT2D eigenvalue weighted by Gasteiger charge is 1.99. The van der Waals surface area contributed by atoms with Gasteiger partial charge in [0, 0.05) is 11.8 Å². The highest BCUT2D eigenvalue weighted by molar-refractivity contribution is 9.09. The SMILES string of the molecule is FC(F)CCCCCCBr. The quantitative estimate of drug-likeness (QED) is 0.469. The fraction of sp³-hybridized carbons (Fsp3) is 1.00. The van der Waals surface area contributed by atoms with Crippen molar-refractivity contribution in [3.63, 3.8) is 0 Å². The molecule has 0 atom stereocenters. The Balaban J connectivity index is 2.77. The van der Waals surface area contributed by atoms with Gasteiger partial charge in [0.25, 0.3) is 0 Å². The summed E-state index contributed by atoms with van der Waals surface area (Å²) in [6.45, 7) is 0. The second-order valence-corrected chi connectivity index (χ2v) is 3.08. The van der Waals surface area contributed by atoms with Gasteiger partial charge in [-0.05, 0) is 12.8 Å². The van der Waals surface area contributed by atoms with E-state index < -0.39 is 6.43 Å². The van der Waals surface area contributed by atoms with Crippen LogP contribution in [0, 0.1) is 0 Å². The number of hydrogen-bond donors (Lipinski definition) is 0. The first kappa shape index (κ1) is 10.3. The van der Waals surface area contributed by atoms with Crippen molar-refractivity contribution in [2.75, 3.05) is 5.33 Å². The summed E-state index contributed by atoms with van der Waals surface area (Å²) in [4.78, 5) is 0. The van der Waals surface area contributed by atoms with Crippen LogP contribution in [0.4, 0.5) is 8.78 Å². The van der Waals surface area contributed by atoms with Crippen molar-refractivity contribution in [3.8, 4) is 0 Å². The van der Waals surface area contributed by atoms with Crippen LogP contribution in [0.25, 0.3) is 0 Å². The Bertz CT molecular complexity index is 66.6. The van der Waals surface area contributed by atoms with Gasteiger partial charge in [0.2, 0.25) is 6.43 Å². The second kappa shape index (κ2) is 7.45. The van der Waals surface area contributed by atoms with Gasteiger partial charge in [0.1, 0.15) is 0 Å². The van der Waals surface area contributed by atoms with Gasteiger partial charge in [-0.1, -0.05) is 28.8 Å². The van der Waals surface area contributed by atoms with E-state index in [4.69, 9.17) is 0 Å². The summed E-state index contributed by atoms with van der Waals surface area (Å²) in [5.74, 6) is 0. The summed E-state index contributed by atoms with van der Waals surface area (Å²) in [7, 11) is 0. The van der Waals surface area contributed by atoms with E-state index in [1.54, 1.807) is 0 Å². The summed E-state index contributed by atoms with van der Waals surface area (Å²) in [5, 5.41) is 0.988. The molecule has 3 heteroatoms. The van der Waals surface area contributed by atoms with Crippen molar-refractivity contribution in [3.05, 3.63) is 0 Å². The Morgan fingerprint density at radius 1 is 1.00 bits per heavy atom. The van der Waals surface area contributed by atoms with Gasteiger partial charge >= 0.3 is 0 Å². The van der Waals surface area contributed by atoms with Gasteiger partial charge in [-0.2, -0.15) is 0 Å². The number of halogens is 3. The van der Waals surface area contributed by atoms with Gasteiger partial charge < -0.3 is 0 Å². The minimum atomic E-state index is -2.11. The lowest BCUT2D eigenvalue weighted by Gasteiger charge is -1.97. The molecule has 0 aliphatic carbocycles. The van der Waals surface area contributed by atoms with Crippen molar-refractivity contribution in [1.29, 1.82) is 0 Å². The molecule has 0 aromatic rings. The van der Waals surface area contributed by atoms with Crippen molar-refractivity contribution >= 4 is 15.9 Å². The Morgan fingerprint density at radius 2 is 1.60 bits per heavy atom. The fourth-order valence-corrected chi connectivity index (χ4v) is 1.14. The minimum absolute atomic E-state index is 0.0717. The van der Waals surface area contributed by atoms with Crippen LogP contribution in [0.3, 0.4) is 0 Å². The highest BCUT2D eigenvalue weighted by atomic mass is 79.9. The molecule has 0 aliphatic heterocycles. The summed E-state index contributed by atoms with van der Waals surface area (Å²) >= 11 is 3.28. The molecule has 0 aliphatic rings. The largest absolute Gasteiger partial charge is 0.238 e. The van der Waals surface area contributed by atoms with Gasteiger partial charge in [-0.15, -0.1) is 0 Å². The van der Waals surface area contributed by atoms with Crippen LogP contribution in [-0.4, -0.2) is 11.8 Å². The Hall–Kier alpha value is 0.340. The van der Waals surface area contributed by atoms with Crippen LogP contribution in [0.15, 0.2) is 0 Å². The number of rotatable bonds is 6. The predicted octanol–water partition coefficient (Wildman–Crippen LogP) is 3.60. The van der Waals surface area contributed by atoms with Crippen LogP contribution in [-0.2, 0) is 0 Å². The monoisotopic (exact) mass is 214 g/mol. The molecule has 62 valence electrons. The van der Waals surface area contributed by atoms with Crippen LogP contribution in [0.1, 0.15) is 32.1 Å². The molecular formula is C7H13BrF2. The zero-order valence-electron chi connectivity index (χ0n) is 5.95. The average molecular weight is 215 g/mol. The first-order chi connectivity index (χ1) is 4.77. The van der Waals surface area contributed by atoms with E-state index in [-0.39, 0.29) is 6.42 Å². The minimum Gasteiger partial charge on any atom is -0.211 e. The maximum atomic E-state index is 11.5. The molecule has 0 saturated heterocycles. The summed E-state index contributed by atoms with van der Waals surface area (Å²) in [5.41, 5.74) is 0. The standard InChI is InChI=1S/C7H13BrF2/c8-6-4-2-1-3-5-7(9)10/h7H,1-6H2. The van der Waals surface area contributed by atoms with Gasteiger partial charge in [0.05, 0.1) is 0 Å². The molecule has 10 heavy (non-hydrogen) atoms. The Morgan fingerprint density at radius 3 is 2.10 bits per heavy atom. The first-order valence-electron chi connectivity index (χ1n) is 3.61. The third kappa shape index (κ3) is 8.34. The highest BCUT2D eigenvalue weighted by Crippen LogP contribution is 2.09.